The van der Waals surface area contributed by atoms with Crippen LogP contribution in [0.2, 0.25) is 0 Å². The first-order valence-electron chi connectivity index (χ1n) is 8.88. The first-order valence-corrected chi connectivity index (χ1v) is 10.3. The lowest BCUT2D eigenvalue weighted by Gasteiger charge is -2.26. The van der Waals surface area contributed by atoms with E-state index in [2.05, 4.69) is 0 Å². The zero-order valence-corrected chi connectivity index (χ0v) is 16.5. The van der Waals surface area contributed by atoms with Crippen molar-refractivity contribution in [3.05, 3.63) is 29.3 Å². The third-order valence-corrected chi connectivity index (χ3v) is 6.47. The molecule has 0 unspecified atom stereocenters. The normalized spacial score (nSPS) is 15.5. The van der Waals surface area contributed by atoms with Gasteiger partial charge in [0.25, 0.3) is 5.91 Å². The zero-order chi connectivity index (χ0) is 20.0. The Labute approximate surface area is 159 Å². The summed E-state index contributed by atoms with van der Waals surface area (Å²) in [5.41, 5.74) is 0.774. The van der Waals surface area contributed by atoms with Gasteiger partial charge in [-0.2, -0.15) is 4.31 Å². The van der Waals surface area contributed by atoms with E-state index >= 15 is 0 Å². The van der Waals surface area contributed by atoms with Crippen LogP contribution in [0.4, 0.5) is 0 Å². The molecule has 1 aliphatic rings. The molecule has 8 nitrogen and oxygen atoms in total. The quantitative estimate of drug-likeness (QED) is 0.709. The van der Waals surface area contributed by atoms with Gasteiger partial charge in [-0.1, -0.05) is 12.5 Å². The maximum absolute atomic E-state index is 12.9. The van der Waals surface area contributed by atoms with Gasteiger partial charge in [-0.15, -0.1) is 0 Å². The number of nitrogens with zero attached hydrogens (tertiary/aromatic N) is 2. The molecule has 0 atom stereocenters. The summed E-state index contributed by atoms with van der Waals surface area (Å²) < 4.78 is 32.1. The summed E-state index contributed by atoms with van der Waals surface area (Å²) >= 11 is 0. The molecule has 2 rings (SSSR count). The van der Waals surface area contributed by atoms with Gasteiger partial charge in [0.1, 0.15) is 6.54 Å². The topological polar surface area (TPSA) is 104 Å². The Hall–Kier alpha value is -1.97. The first kappa shape index (κ1) is 21.3. The SMILES string of the molecule is COCCN(CC(=O)O)C(=O)c1cc(S(=O)(=O)N2CCCCC2)ccc1C. The number of carboxylic acid groups (broad SMARTS) is 1. The number of carboxylic acids is 1. The predicted molar refractivity (Wildman–Crippen MR) is 99.2 cm³/mol. The van der Waals surface area contributed by atoms with Crippen LogP contribution in [0, 0.1) is 6.92 Å². The summed E-state index contributed by atoms with van der Waals surface area (Å²) in [5, 5.41) is 9.07. The number of hydrogen-bond donors (Lipinski definition) is 1. The van der Waals surface area contributed by atoms with Gasteiger partial charge in [0.05, 0.1) is 11.5 Å². The molecule has 0 saturated carbocycles. The summed E-state index contributed by atoms with van der Waals surface area (Å²) in [6.45, 7) is 2.44. The molecule has 0 radical (unpaired) electrons. The number of benzene rings is 1. The Balaban J connectivity index is 2.34. The van der Waals surface area contributed by atoms with Gasteiger partial charge < -0.3 is 14.7 Å². The summed E-state index contributed by atoms with van der Waals surface area (Å²) in [5.74, 6) is -1.67. The van der Waals surface area contributed by atoms with Crippen molar-refractivity contribution >= 4 is 21.9 Å². The van der Waals surface area contributed by atoms with Crippen LogP contribution in [0.15, 0.2) is 23.1 Å². The molecule has 1 heterocycles. The lowest BCUT2D eigenvalue weighted by Crippen LogP contribution is -2.38. The number of ether oxygens (including phenoxy) is 1. The molecule has 1 aromatic carbocycles. The van der Waals surface area contributed by atoms with Crippen LogP contribution in [-0.2, 0) is 19.6 Å². The number of rotatable bonds is 8. The van der Waals surface area contributed by atoms with E-state index in [1.165, 1.54) is 23.5 Å². The number of sulfonamides is 1. The maximum Gasteiger partial charge on any atom is 0.323 e. The van der Waals surface area contributed by atoms with Crippen LogP contribution in [0.5, 0.6) is 0 Å². The molecule has 1 N–H and O–H groups in total. The Bertz CT molecular complexity index is 787. The highest BCUT2D eigenvalue weighted by Gasteiger charge is 2.28. The average molecular weight is 398 g/mol. The van der Waals surface area contributed by atoms with Crippen LogP contribution in [0.3, 0.4) is 0 Å². The minimum absolute atomic E-state index is 0.0559. The summed E-state index contributed by atoms with van der Waals surface area (Å²) in [6.07, 6.45) is 2.65. The van der Waals surface area contributed by atoms with E-state index in [0.29, 0.717) is 18.7 Å². The Morgan fingerprint density at radius 2 is 1.89 bits per heavy atom. The molecule has 9 heteroatoms. The highest BCUT2D eigenvalue weighted by molar-refractivity contribution is 7.89. The van der Waals surface area contributed by atoms with Crippen LogP contribution in [-0.4, -0.2) is 74.5 Å². The number of carbonyl (C=O) groups excluding carboxylic acids is 1. The lowest BCUT2D eigenvalue weighted by atomic mass is 10.1. The minimum Gasteiger partial charge on any atom is -0.480 e. The van der Waals surface area contributed by atoms with E-state index < -0.39 is 28.4 Å². The van der Waals surface area contributed by atoms with E-state index in [1.54, 1.807) is 13.0 Å². The van der Waals surface area contributed by atoms with Gasteiger partial charge in [-0.25, -0.2) is 8.42 Å². The molecule has 27 heavy (non-hydrogen) atoms. The predicted octanol–water partition coefficient (Wildman–Crippen LogP) is 1.34. The molecular formula is C18H26N2O6S. The van der Waals surface area contributed by atoms with Crippen LogP contribution >= 0.6 is 0 Å². The summed E-state index contributed by atoms with van der Waals surface area (Å²) in [6, 6.07) is 4.43. The fourth-order valence-corrected chi connectivity index (χ4v) is 4.58. The van der Waals surface area contributed by atoms with E-state index in [1.807, 2.05) is 0 Å². The number of carbonyl (C=O) groups is 2. The highest BCUT2D eigenvalue weighted by atomic mass is 32.2. The molecule has 1 aromatic rings. The Morgan fingerprint density at radius 1 is 1.22 bits per heavy atom. The molecular weight excluding hydrogens is 372 g/mol. The van der Waals surface area contributed by atoms with E-state index in [0.717, 1.165) is 24.2 Å². The monoisotopic (exact) mass is 398 g/mol. The molecule has 0 bridgehead atoms. The second kappa shape index (κ2) is 9.29. The molecule has 1 aliphatic heterocycles. The van der Waals surface area contributed by atoms with Crippen molar-refractivity contribution in [2.24, 2.45) is 0 Å². The molecule has 150 valence electrons. The van der Waals surface area contributed by atoms with Crippen molar-refractivity contribution in [2.75, 3.05) is 39.9 Å². The van der Waals surface area contributed by atoms with Crippen molar-refractivity contribution in [3.8, 4) is 0 Å². The Morgan fingerprint density at radius 3 is 2.48 bits per heavy atom. The molecule has 0 aliphatic carbocycles. The lowest BCUT2D eigenvalue weighted by molar-refractivity contribution is -0.137. The van der Waals surface area contributed by atoms with E-state index in [-0.39, 0.29) is 23.6 Å². The van der Waals surface area contributed by atoms with Gasteiger partial charge in [0.2, 0.25) is 10.0 Å². The second-order valence-electron chi connectivity index (χ2n) is 6.55. The third kappa shape index (κ3) is 5.27. The number of hydrogen-bond acceptors (Lipinski definition) is 5. The molecule has 1 saturated heterocycles. The number of amides is 1. The fourth-order valence-electron chi connectivity index (χ4n) is 3.03. The van der Waals surface area contributed by atoms with E-state index in [4.69, 9.17) is 9.84 Å². The van der Waals surface area contributed by atoms with Crippen LogP contribution in [0.1, 0.15) is 35.2 Å². The number of piperidine rings is 1. The van der Waals surface area contributed by atoms with E-state index in [9.17, 15) is 18.0 Å². The molecule has 0 aromatic heterocycles. The molecule has 0 spiro atoms. The molecule has 1 fully saturated rings. The fraction of sp³-hybridized carbons (Fsp3) is 0.556. The van der Waals surface area contributed by atoms with Crippen molar-refractivity contribution in [1.82, 2.24) is 9.21 Å². The minimum atomic E-state index is -3.68. The second-order valence-corrected chi connectivity index (χ2v) is 8.49. The van der Waals surface area contributed by atoms with Crippen LogP contribution in [0.25, 0.3) is 0 Å². The van der Waals surface area contributed by atoms with Gasteiger partial charge in [0, 0.05) is 32.3 Å². The highest BCUT2D eigenvalue weighted by Crippen LogP contribution is 2.23. The molecule has 1 amide bonds. The van der Waals surface area contributed by atoms with Gasteiger partial charge >= 0.3 is 5.97 Å². The summed E-state index contributed by atoms with van der Waals surface area (Å²) in [4.78, 5) is 25.2. The van der Waals surface area contributed by atoms with Crippen molar-refractivity contribution in [3.63, 3.8) is 0 Å². The van der Waals surface area contributed by atoms with Gasteiger partial charge in [0.15, 0.2) is 0 Å². The summed E-state index contributed by atoms with van der Waals surface area (Å²) in [7, 11) is -2.22. The number of methoxy groups -OCH3 is 1. The maximum atomic E-state index is 12.9. The van der Waals surface area contributed by atoms with Gasteiger partial charge in [-0.3, -0.25) is 9.59 Å². The zero-order valence-electron chi connectivity index (χ0n) is 15.7. The average Bonchev–Trinajstić information content (AvgIpc) is 2.65. The van der Waals surface area contributed by atoms with Crippen molar-refractivity contribution < 1.29 is 27.9 Å². The van der Waals surface area contributed by atoms with Crippen molar-refractivity contribution in [2.45, 2.75) is 31.1 Å². The standard InChI is InChI=1S/C18H26N2O6S/c1-14-6-7-15(27(24,25)20-8-4-3-5-9-20)12-16(14)18(23)19(10-11-26-2)13-17(21)22/h6-7,12H,3-5,8-11,13H2,1-2H3,(H,21,22). The third-order valence-electron chi connectivity index (χ3n) is 4.57. The largest absolute Gasteiger partial charge is 0.480 e. The van der Waals surface area contributed by atoms with Crippen LogP contribution < -0.4 is 0 Å². The van der Waals surface area contributed by atoms with Gasteiger partial charge in [-0.05, 0) is 37.5 Å². The van der Waals surface area contributed by atoms with Crippen molar-refractivity contribution in [1.29, 1.82) is 0 Å². The number of aryl methyl sites for hydroxylation is 1. The Kier molecular flexibility index (Phi) is 7.34. The number of aliphatic carboxylic acids is 1. The first-order chi connectivity index (χ1) is 12.8. The smallest absolute Gasteiger partial charge is 0.323 e.